The average Bonchev–Trinajstić information content (AvgIpc) is 2.35. The minimum Gasteiger partial charge on any atom is -0.489 e. The Morgan fingerprint density at radius 2 is 1.67 bits per heavy atom. The molecule has 0 unspecified atom stereocenters. The molecule has 1 nitrogen and oxygen atoms in total. The Kier molecular flexibility index (Phi) is 4.43. The summed E-state index contributed by atoms with van der Waals surface area (Å²) in [5, 5.41) is 0.815. The van der Waals surface area contributed by atoms with Crippen LogP contribution in [0.15, 0.2) is 42.5 Å². The minimum atomic E-state index is 0.618. The Hall–Kier alpha value is -1.28. The number of benzene rings is 2. The summed E-state index contributed by atoms with van der Waals surface area (Å²) in [6.07, 6.45) is 0. The molecule has 0 aliphatic carbocycles. The van der Waals surface area contributed by atoms with Crippen molar-refractivity contribution in [3.8, 4) is 5.75 Å². The number of hydrogen-bond acceptors (Lipinski definition) is 1. The Morgan fingerprint density at radius 3 is 2.33 bits per heavy atom. The molecular weight excluding hydrogens is 288 g/mol. The highest BCUT2D eigenvalue weighted by atomic mass is 79.9. The molecule has 0 bridgehead atoms. The number of rotatable bonds is 4. The Bertz CT molecular complexity index is 514. The van der Waals surface area contributed by atoms with Gasteiger partial charge in [-0.2, -0.15) is 0 Å². The van der Waals surface area contributed by atoms with E-state index in [1.54, 1.807) is 0 Å². The van der Waals surface area contributed by atoms with Crippen molar-refractivity contribution in [1.29, 1.82) is 0 Å². The van der Waals surface area contributed by atoms with Crippen LogP contribution < -0.4 is 4.74 Å². The molecule has 94 valence electrons. The highest BCUT2D eigenvalue weighted by Gasteiger charge is 2.02. The van der Waals surface area contributed by atoms with Crippen LogP contribution in [0.25, 0.3) is 0 Å². The molecule has 0 saturated carbocycles. The summed E-state index contributed by atoms with van der Waals surface area (Å²) in [4.78, 5) is 0. The molecule has 0 aromatic heterocycles. The van der Waals surface area contributed by atoms with Gasteiger partial charge in [-0.3, -0.25) is 0 Å². The standard InChI is InChI=1S/C16H17BrO/c1-12-7-13(2)9-14(8-12)11-18-16-6-4-3-5-15(16)10-17/h3-9H,10-11H2,1-2H3. The lowest BCUT2D eigenvalue weighted by Gasteiger charge is -2.11. The van der Waals surface area contributed by atoms with Gasteiger partial charge in [-0.1, -0.05) is 63.5 Å². The molecule has 0 heterocycles. The van der Waals surface area contributed by atoms with Crippen molar-refractivity contribution in [3.63, 3.8) is 0 Å². The van der Waals surface area contributed by atoms with Gasteiger partial charge >= 0.3 is 0 Å². The molecule has 0 spiro atoms. The van der Waals surface area contributed by atoms with Crippen LogP contribution >= 0.6 is 15.9 Å². The van der Waals surface area contributed by atoms with Gasteiger partial charge < -0.3 is 4.74 Å². The third-order valence-corrected chi connectivity index (χ3v) is 3.40. The Morgan fingerprint density at radius 1 is 1.00 bits per heavy atom. The fraction of sp³-hybridized carbons (Fsp3) is 0.250. The summed E-state index contributed by atoms with van der Waals surface area (Å²) in [6.45, 7) is 4.85. The highest BCUT2D eigenvalue weighted by molar-refractivity contribution is 9.08. The van der Waals surface area contributed by atoms with Crippen LogP contribution in [-0.4, -0.2) is 0 Å². The first kappa shape index (κ1) is 13.2. The summed E-state index contributed by atoms with van der Waals surface area (Å²) in [5.41, 5.74) is 4.96. The van der Waals surface area contributed by atoms with E-state index in [9.17, 15) is 0 Å². The molecule has 2 heteroatoms. The molecule has 0 atom stereocenters. The van der Waals surface area contributed by atoms with Crippen molar-refractivity contribution in [1.82, 2.24) is 0 Å². The summed E-state index contributed by atoms with van der Waals surface area (Å²) in [5.74, 6) is 0.952. The summed E-state index contributed by atoms with van der Waals surface area (Å²) < 4.78 is 5.89. The van der Waals surface area contributed by atoms with Gasteiger partial charge in [-0.25, -0.2) is 0 Å². The maximum atomic E-state index is 5.89. The topological polar surface area (TPSA) is 9.23 Å². The average molecular weight is 305 g/mol. The van der Waals surface area contributed by atoms with Crippen molar-refractivity contribution in [2.24, 2.45) is 0 Å². The van der Waals surface area contributed by atoms with E-state index in [1.807, 2.05) is 18.2 Å². The first-order valence-corrected chi connectivity index (χ1v) is 7.15. The normalized spacial score (nSPS) is 10.4. The second kappa shape index (κ2) is 6.05. The number of alkyl halides is 1. The van der Waals surface area contributed by atoms with E-state index in [0.717, 1.165) is 11.1 Å². The molecule has 0 fully saturated rings. The van der Waals surface area contributed by atoms with Crippen molar-refractivity contribution < 1.29 is 4.74 Å². The predicted molar refractivity (Wildman–Crippen MR) is 79.3 cm³/mol. The number of ether oxygens (including phenoxy) is 1. The zero-order valence-corrected chi connectivity index (χ0v) is 12.3. The van der Waals surface area contributed by atoms with E-state index in [4.69, 9.17) is 4.74 Å². The Balaban J connectivity index is 2.11. The molecule has 0 amide bonds. The molecule has 18 heavy (non-hydrogen) atoms. The first-order valence-electron chi connectivity index (χ1n) is 6.03. The third kappa shape index (κ3) is 3.36. The monoisotopic (exact) mass is 304 g/mol. The zero-order chi connectivity index (χ0) is 13.0. The molecular formula is C16H17BrO. The first-order chi connectivity index (χ1) is 8.69. The van der Waals surface area contributed by atoms with Crippen LogP contribution in [0.1, 0.15) is 22.3 Å². The van der Waals surface area contributed by atoms with E-state index < -0.39 is 0 Å². The van der Waals surface area contributed by atoms with E-state index in [1.165, 1.54) is 22.3 Å². The number of hydrogen-bond donors (Lipinski definition) is 0. The number of halogens is 1. The van der Waals surface area contributed by atoms with Crippen LogP contribution in [-0.2, 0) is 11.9 Å². The molecule has 2 rings (SSSR count). The SMILES string of the molecule is Cc1cc(C)cc(COc2ccccc2CBr)c1. The van der Waals surface area contributed by atoms with Crippen molar-refractivity contribution >= 4 is 15.9 Å². The van der Waals surface area contributed by atoms with Gasteiger partial charge in [0.15, 0.2) is 0 Å². The summed E-state index contributed by atoms with van der Waals surface area (Å²) >= 11 is 3.48. The minimum absolute atomic E-state index is 0.618. The summed E-state index contributed by atoms with van der Waals surface area (Å²) in [7, 11) is 0. The largest absolute Gasteiger partial charge is 0.489 e. The highest BCUT2D eigenvalue weighted by Crippen LogP contribution is 2.22. The lowest BCUT2D eigenvalue weighted by Crippen LogP contribution is -1.98. The maximum absolute atomic E-state index is 5.89. The molecule has 2 aromatic rings. The second-order valence-electron chi connectivity index (χ2n) is 4.53. The van der Waals surface area contributed by atoms with Gasteiger partial charge in [0.25, 0.3) is 0 Å². The fourth-order valence-corrected chi connectivity index (χ4v) is 2.53. The quantitative estimate of drug-likeness (QED) is 0.739. The lowest BCUT2D eigenvalue weighted by atomic mass is 10.1. The van der Waals surface area contributed by atoms with E-state index >= 15 is 0 Å². The molecule has 0 radical (unpaired) electrons. The van der Waals surface area contributed by atoms with Crippen LogP contribution in [0.3, 0.4) is 0 Å². The predicted octanol–water partition coefficient (Wildman–Crippen LogP) is 4.78. The number of para-hydroxylation sites is 1. The zero-order valence-electron chi connectivity index (χ0n) is 10.7. The van der Waals surface area contributed by atoms with E-state index in [2.05, 4.69) is 54.0 Å². The van der Waals surface area contributed by atoms with Gasteiger partial charge in [0.05, 0.1) is 0 Å². The van der Waals surface area contributed by atoms with Gasteiger partial charge in [-0.15, -0.1) is 0 Å². The van der Waals surface area contributed by atoms with Crippen LogP contribution in [0.4, 0.5) is 0 Å². The van der Waals surface area contributed by atoms with Gasteiger partial charge in [0.2, 0.25) is 0 Å². The Labute approximate surface area is 117 Å². The van der Waals surface area contributed by atoms with Gasteiger partial charge in [-0.05, 0) is 25.5 Å². The summed E-state index contributed by atoms with van der Waals surface area (Å²) in [6, 6.07) is 14.6. The van der Waals surface area contributed by atoms with Gasteiger partial charge in [0.1, 0.15) is 12.4 Å². The molecule has 0 saturated heterocycles. The number of aryl methyl sites for hydroxylation is 2. The molecule has 2 aromatic carbocycles. The third-order valence-electron chi connectivity index (χ3n) is 2.79. The van der Waals surface area contributed by atoms with Crippen molar-refractivity contribution in [2.45, 2.75) is 25.8 Å². The molecule has 0 N–H and O–H groups in total. The molecule has 0 aliphatic rings. The van der Waals surface area contributed by atoms with E-state index in [-0.39, 0.29) is 0 Å². The van der Waals surface area contributed by atoms with Gasteiger partial charge in [0, 0.05) is 10.9 Å². The fourth-order valence-electron chi connectivity index (χ4n) is 2.07. The van der Waals surface area contributed by atoms with Crippen LogP contribution in [0.2, 0.25) is 0 Å². The van der Waals surface area contributed by atoms with Crippen molar-refractivity contribution in [3.05, 3.63) is 64.7 Å². The lowest BCUT2D eigenvalue weighted by molar-refractivity contribution is 0.304. The second-order valence-corrected chi connectivity index (χ2v) is 5.09. The van der Waals surface area contributed by atoms with Crippen LogP contribution in [0, 0.1) is 13.8 Å². The van der Waals surface area contributed by atoms with E-state index in [0.29, 0.717) is 6.61 Å². The molecule has 0 aliphatic heterocycles. The maximum Gasteiger partial charge on any atom is 0.123 e. The smallest absolute Gasteiger partial charge is 0.123 e. The van der Waals surface area contributed by atoms with Crippen LogP contribution in [0.5, 0.6) is 5.75 Å². The van der Waals surface area contributed by atoms with Crippen molar-refractivity contribution in [2.75, 3.05) is 0 Å².